The molecule has 1 atom stereocenters. The number of rotatable bonds is 2. The molecule has 1 amide bonds. The zero-order valence-corrected chi connectivity index (χ0v) is 16.7. The van der Waals surface area contributed by atoms with E-state index in [1.54, 1.807) is 0 Å². The SMILES string of the molecule is CC(C)(C)c1ccc(C(=O)N2CC[C@H](N3CCc4ccccc4C3)C2)cc1. The lowest BCUT2D eigenvalue weighted by Gasteiger charge is -2.33. The molecule has 2 aromatic rings. The third-order valence-corrected chi connectivity index (χ3v) is 6.13. The van der Waals surface area contributed by atoms with Crippen molar-refractivity contribution in [2.45, 2.75) is 51.6 Å². The van der Waals surface area contributed by atoms with E-state index in [0.717, 1.165) is 44.6 Å². The number of carbonyl (C=O) groups is 1. The number of amides is 1. The van der Waals surface area contributed by atoms with Crippen LogP contribution in [0.15, 0.2) is 48.5 Å². The van der Waals surface area contributed by atoms with Gasteiger partial charge in [0.1, 0.15) is 0 Å². The molecule has 3 heteroatoms. The highest BCUT2D eigenvalue weighted by molar-refractivity contribution is 5.94. The Morgan fingerprint density at radius 1 is 0.963 bits per heavy atom. The minimum absolute atomic E-state index is 0.116. The predicted molar refractivity (Wildman–Crippen MR) is 110 cm³/mol. The van der Waals surface area contributed by atoms with Crippen LogP contribution in [0.3, 0.4) is 0 Å². The summed E-state index contributed by atoms with van der Waals surface area (Å²) < 4.78 is 0. The zero-order valence-electron chi connectivity index (χ0n) is 16.7. The smallest absolute Gasteiger partial charge is 0.253 e. The van der Waals surface area contributed by atoms with Gasteiger partial charge in [0, 0.05) is 37.8 Å². The van der Waals surface area contributed by atoms with Gasteiger partial charge in [-0.1, -0.05) is 57.2 Å². The van der Waals surface area contributed by atoms with E-state index in [4.69, 9.17) is 0 Å². The molecular formula is C24H30N2O. The number of fused-ring (bicyclic) bond motifs is 1. The molecule has 0 radical (unpaired) electrons. The van der Waals surface area contributed by atoms with Crippen molar-refractivity contribution in [2.24, 2.45) is 0 Å². The van der Waals surface area contributed by atoms with Crippen molar-refractivity contribution in [3.63, 3.8) is 0 Å². The minimum atomic E-state index is 0.116. The fraction of sp³-hybridized carbons (Fsp3) is 0.458. The van der Waals surface area contributed by atoms with Crippen LogP contribution < -0.4 is 0 Å². The van der Waals surface area contributed by atoms with Gasteiger partial charge in [-0.05, 0) is 47.1 Å². The average molecular weight is 363 g/mol. The van der Waals surface area contributed by atoms with Crippen molar-refractivity contribution in [1.29, 1.82) is 0 Å². The summed E-state index contributed by atoms with van der Waals surface area (Å²) in [6.07, 6.45) is 2.20. The molecule has 142 valence electrons. The molecule has 2 aromatic carbocycles. The van der Waals surface area contributed by atoms with E-state index in [9.17, 15) is 4.79 Å². The molecule has 2 aliphatic rings. The van der Waals surface area contributed by atoms with Crippen LogP contribution in [0.25, 0.3) is 0 Å². The third-order valence-electron chi connectivity index (χ3n) is 6.13. The number of nitrogens with zero attached hydrogens (tertiary/aromatic N) is 2. The molecule has 2 aliphatic heterocycles. The Kier molecular flexibility index (Phi) is 4.81. The number of benzene rings is 2. The average Bonchev–Trinajstić information content (AvgIpc) is 3.16. The molecule has 4 rings (SSSR count). The summed E-state index contributed by atoms with van der Waals surface area (Å²) in [5.74, 6) is 0.176. The van der Waals surface area contributed by atoms with E-state index in [1.807, 2.05) is 17.0 Å². The molecule has 0 saturated carbocycles. The molecule has 0 spiro atoms. The van der Waals surface area contributed by atoms with Crippen molar-refractivity contribution in [3.8, 4) is 0 Å². The van der Waals surface area contributed by atoms with Crippen molar-refractivity contribution >= 4 is 5.91 Å². The van der Waals surface area contributed by atoms with Gasteiger partial charge in [0.05, 0.1) is 0 Å². The number of hydrogen-bond donors (Lipinski definition) is 0. The Hall–Kier alpha value is -2.13. The topological polar surface area (TPSA) is 23.6 Å². The highest BCUT2D eigenvalue weighted by Gasteiger charge is 2.32. The van der Waals surface area contributed by atoms with Crippen LogP contribution in [0.2, 0.25) is 0 Å². The van der Waals surface area contributed by atoms with Crippen molar-refractivity contribution in [2.75, 3.05) is 19.6 Å². The largest absolute Gasteiger partial charge is 0.337 e. The summed E-state index contributed by atoms with van der Waals surface area (Å²) in [6.45, 7) is 10.4. The van der Waals surface area contributed by atoms with Gasteiger partial charge in [0.25, 0.3) is 5.91 Å². The first-order valence-electron chi connectivity index (χ1n) is 10.1. The molecule has 0 unspecified atom stereocenters. The van der Waals surface area contributed by atoms with Gasteiger partial charge in [-0.3, -0.25) is 9.69 Å². The monoisotopic (exact) mass is 362 g/mol. The van der Waals surface area contributed by atoms with Crippen LogP contribution in [0, 0.1) is 0 Å². The summed E-state index contributed by atoms with van der Waals surface area (Å²) >= 11 is 0. The lowest BCUT2D eigenvalue weighted by Crippen LogP contribution is -2.41. The Morgan fingerprint density at radius 2 is 1.67 bits per heavy atom. The summed E-state index contributed by atoms with van der Waals surface area (Å²) in [7, 11) is 0. The van der Waals surface area contributed by atoms with E-state index < -0.39 is 0 Å². The summed E-state index contributed by atoms with van der Waals surface area (Å²) in [4.78, 5) is 17.5. The first kappa shape index (κ1) is 18.2. The molecule has 0 bridgehead atoms. The molecule has 2 heterocycles. The van der Waals surface area contributed by atoms with E-state index in [2.05, 4.69) is 62.1 Å². The van der Waals surface area contributed by atoms with Crippen molar-refractivity contribution in [1.82, 2.24) is 9.80 Å². The Morgan fingerprint density at radius 3 is 2.37 bits per heavy atom. The van der Waals surface area contributed by atoms with Crippen LogP contribution in [-0.2, 0) is 18.4 Å². The van der Waals surface area contributed by atoms with Crippen LogP contribution in [0.1, 0.15) is 54.2 Å². The van der Waals surface area contributed by atoms with Gasteiger partial charge < -0.3 is 4.90 Å². The van der Waals surface area contributed by atoms with Crippen LogP contribution in [-0.4, -0.2) is 41.4 Å². The summed E-state index contributed by atoms with van der Waals surface area (Å²) in [5, 5.41) is 0. The normalized spacial score (nSPS) is 20.6. The first-order valence-corrected chi connectivity index (χ1v) is 10.1. The van der Waals surface area contributed by atoms with Crippen LogP contribution in [0.4, 0.5) is 0 Å². The highest BCUT2D eigenvalue weighted by Crippen LogP contribution is 2.26. The second kappa shape index (κ2) is 7.12. The summed E-state index contributed by atoms with van der Waals surface area (Å²) in [5.41, 5.74) is 5.13. The second-order valence-corrected chi connectivity index (χ2v) is 9.01. The summed E-state index contributed by atoms with van der Waals surface area (Å²) in [6, 6.07) is 17.4. The van der Waals surface area contributed by atoms with E-state index in [0.29, 0.717) is 6.04 Å². The number of carbonyl (C=O) groups excluding carboxylic acids is 1. The van der Waals surface area contributed by atoms with Crippen molar-refractivity contribution < 1.29 is 4.79 Å². The standard InChI is InChI=1S/C24H30N2O/c1-24(2,3)21-10-8-19(9-11-21)23(27)26-15-13-22(17-26)25-14-12-18-6-4-5-7-20(18)16-25/h4-11,22H,12-17H2,1-3H3/t22-/m0/s1. The minimum Gasteiger partial charge on any atom is -0.337 e. The Balaban J connectivity index is 1.40. The predicted octanol–water partition coefficient (Wildman–Crippen LogP) is 4.26. The van der Waals surface area contributed by atoms with E-state index in [1.165, 1.54) is 16.7 Å². The second-order valence-electron chi connectivity index (χ2n) is 9.01. The molecule has 3 nitrogen and oxygen atoms in total. The first-order chi connectivity index (χ1) is 12.9. The highest BCUT2D eigenvalue weighted by atomic mass is 16.2. The van der Waals surface area contributed by atoms with Crippen molar-refractivity contribution in [3.05, 3.63) is 70.8 Å². The van der Waals surface area contributed by atoms with Gasteiger partial charge in [0.15, 0.2) is 0 Å². The Bertz CT molecular complexity index is 819. The molecule has 0 N–H and O–H groups in total. The fourth-order valence-corrected chi connectivity index (χ4v) is 4.35. The van der Waals surface area contributed by atoms with E-state index >= 15 is 0 Å². The molecule has 1 saturated heterocycles. The lowest BCUT2D eigenvalue weighted by molar-refractivity contribution is 0.0773. The van der Waals surface area contributed by atoms with E-state index in [-0.39, 0.29) is 11.3 Å². The zero-order chi connectivity index (χ0) is 19.0. The number of hydrogen-bond acceptors (Lipinski definition) is 2. The third kappa shape index (κ3) is 3.79. The van der Waals surface area contributed by atoms with Gasteiger partial charge >= 0.3 is 0 Å². The maximum atomic E-state index is 12.9. The van der Waals surface area contributed by atoms with Gasteiger partial charge in [0.2, 0.25) is 0 Å². The molecule has 1 fully saturated rings. The fourth-order valence-electron chi connectivity index (χ4n) is 4.35. The van der Waals surface area contributed by atoms with Gasteiger partial charge in [-0.25, -0.2) is 0 Å². The van der Waals surface area contributed by atoms with Gasteiger partial charge in [-0.2, -0.15) is 0 Å². The molecule has 0 aliphatic carbocycles. The quantitative estimate of drug-likeness (QED) is 0.797. The molecular weight excluding hydrogens is 332 g/mol. The maximum Gasteiger partial charge on any atom is 0.253 e. The lowest BCUT2D eigenvalue weighted by atomic mass is 9.86. The van der Waals surface area contributed by atoms with Crippen LogP contribution in [0.5, 0.6) is 0 Å². The Labute approximate surface area is 163 Å². The van der Waals surface area contributed by atoms with Crippen LogP contribution >= 0.6 is 0 Å². The maximum absolute atomic E-state index is 12.9. The van der Waals surface area contributed by atoms with Gasteiger partial charge in [-0.15, -0.1) is 0 Å². The number of likely N-dealkylation sites (tertiary alicyclic amines) is 1. The molecule has 27 heavy (non-hydrogen) atoms. The molecule has 0 aromatic heterocycles.